The molecule has 2 N–H and O–H groups in total. The van der Waals surface area contributed by atoms with Crippen molar-refractivity contribution in [1.29, 1.82) is 0 Å². The Kier molecular flexibility index (Phi) is 5.27. The number of hydrogen-bond acceptors (Lipinski definition) is 2. The zero-order valence-electron chi connectivity index (χ0n) is 13.4. The van der Waals surface area contributed by atoms with E-state index in [1.54, 1.807) is 12.1 Å². The Labute approximate surface area is 135 Å². The van der Waals surface area contributed by atoms with Crippen molar-refractivity contribution in [3.8, 4) is 0 Å². The van der Waals surface area contributed by atoms with E-state index >= 15 is 0 Å². The van der Waals surface area contributed by atoms with Gasteiger partial charge in [0.25, 0.3) is 0 Å². The van der Waals surface area contributed by atoms with E-state index in [1.165, 1.54) is 24.3 Å². The second kappa shape index (κ2) is 7.18. The maximum Gasteiger partial charge on any atom is 0.248 e. The van der Waals surface area contributed by atoms with E-state index in [-0.39, 0.29) is 18.0 Å². The Balaban J connectivity index is 2.38. The first kappa shape index (κ1) is 16.9. The monoisotopic (exact) mass is 313 g/mol. The van der Waals surface area contributed by atoms with Gasteiger partial charge in [-0.1, -0.05) is 19.9 Å². The van der Waals surface area contributed by atoms with Gasteiger partial charge in [0, 0.05) is 17.5 Å². The van der Waals surface area contributed by atoms with E-state index in [0.29, 0.717) is 17.5 Å². The molecule has 0 aliphatic carbocycles. The van der Waals surface area contributed by atoms with E-state index < -0.39 is 5.91 Å². The third-order valence-electron chi connectivity index (χ3n) is 4.02. The van der Waals surface area contributed by atoms with Gasteiger partial charge in [-0.3, -0.25) is 9.59 Å². The standard InChI is InChI=1S/C19H20FNO2/c1-3-15-13(7-10-17(19(21)23)16(15)4-2)11-18(22)12-5-8-14(20)9-6-12/h5-10H,3-4,11H2,1-2H3,(H2,21,23). The number of nitrogens with two attached hydrogens (primary N) is 1. The van der Waals surface area contributed by atoms with Gasteiger partial charge in [-0.2, -0.15) is 0 Å². The molecule has 0 spiro atoms. The molecular formula is C19H20FNO2. The molecule has 3 nitrogen and oxygen atoms in total. The molecule has 23 heavy (non-hydrogen) atoms. The minimum atomic E-state index is -0.451. The van der Waals surface area contributed by atoms with Crippen LogP contribution in [-0.4, -0.2) is 11.7 Å². The number of hydrogen-bond donors (Lipinski definition) is 1. The molecule has 2 aromatic carbocycles. The Morgan fingerprint density at radius 3 is 2.09 bits per heavy atom. The quantitative estimate of drug-likeness (QED) is 0.830. The van der Waals surface area contributed by atoms with Crippen molar-refractivity contribution in [2.24, 2.45) is 5.73 Å². The fraction of sp³-hybridized carbons (Fsp3) is 0.263. The fourth-order valence-corrected chi connectivity index (χ4v) is 2.89. The van der Waals surface area contributed by atoms with E-state index in [4.69, 9.17) is 5.73 Å². The van der Waals surface area contributed by atoms with Crippen molar-refractivity contribution in [1.82, 2.24) is 0 Å². The van der Waals surface area contributed by atoms with Gasteiger partial charge in [-0.05, 0) is 59.9 Å². The summed E-state index contributed by atoms with van der Waals surface area (Å²) < 4.78 is 13.0. The maximum atomic E-state index is 13.0. The Morgan fingerprint density at radius 2 is 1.57 bits per heavy atom. The van der Waals surface area contributed by atoms with Crippen molar-refractivity contribution in [3.63, 3.8) is 0 Å². The first-order valence-corrected chi connectivity index (χ1v) is 7.70. The van der Waals surface area contributed by atoms with Crippen molar-refractivity contribution >= 4 is 11.7 Å². The number of Topliss-reactive ketones (excluding diaryl/α,β-unsaturated/α-hetero) is 1. The van der Waals surface area contributed by atoms with Crippen molar-refractivity contribution < 1.29 is 14.0 Å². The summed E-state index contributed by atoms with van der Waals surface area (Å²) in [5.41, 5.74) is 9.22. The normalized spacial score (nSPS) is 10.6. The molecule has 120 valence electrons. The SMILES string of the molecule is CCc1c(CC(=O)c2ccc(F)cc2)ccc(C(N)=O)c1CC. The molecule has 0 aromatic heterocycles. The number of carbonyl (C=O) groups is 2. The highest BCUT2D eigenvalue weighted by Crippen LogP contribution is 2.22. The molecular weight excluding hydrogens is 293 g/mol. The van der Waals surface area contributed by atoms with Gasteiger partial charge in [0.2, 0.25) is 5.91 Å². The minimum absolute atomic E-state index is 0.0754. The topological polar surface area (TPSA) is 60.2 Å². The summed E-state index contributed by atoms with van der Waals surface area (Å²) in [5, 5.41) is 0. The van der Waals surface area contributed by atoms with Crippen molar-refractivity contribution in [2.45, 2.75) is 33.1 Å². The summed E-state index contributed by atoms with van der Waals surface area (Å²) in [6.45, 7) is 3.96. The average molecular weight is 313 g/mol. The van der Waals surface area contributed by atoms with Crippen LogP contribution in [0.3, 0.4) is 0 Å². The van der Waals surface area contributed by atoms with Crippen LogP contribution in [0.15, 0.2) is 36.4 Å². The Bertz CT molecular complexity index is 736. The van der Waals surface area contributed by atoms with Crippen molar-refractivity contribution in [2.75, 3.05) is 0 Å². The summed E-state index contributed by atoms with van der Waals surface area (Å²) in [7, 11) is 0. The third kappa shape index (κ3) is 3.65. The summed E-state index contributed by atoms with van der Waals surface area (Å²) in [6, 6.07) is 9.01. The molecule has 0 saturated heterocycles. The smallest absolute Gasteiger partial charge is 0.248 e. The van der Waals surface area contributed by atoms with Crippen LogP contribution in [0.1, 0.15) is 51.3 Å². The molecule has 0 atom stereocenters. The Hall–Kier alpha value is -2.49. The molecule has 0 radical (unpaired) electrons. The lowest BCUT2D eigenvalue weighted by atomic mass is 9.89. The molecule has 0 heterocycles. The van der Waals surface area contributed by atoms with Crippen LogP contribution >= 0.6 is 0 Å². The molecule has 0 fully saturated rings. The van der Waals surface area contributed by atoms with Crippen LogP contribution < -0.4 is 5.73 Å². The lowest BCUT2D eigenvalue weighted by Crippen LogP contribution is -2.16. The average Bonchev–Trinajstić information content (AvgIpc) is 2.54. The van der Waals surface area contributed by atoms with E-state index in [1.807, 2.05) is 13.8 Å². The minimum Gasteiger partial charge on any atom is -0.366 e. The highest BCUT2D eigenvalue weighted by molar-refractivity contribution is 5.98. The van der Waals surface area contributed by atoms with Crippen molar-refractivity contribution in [3.05, 3.63) is 70.0 Å². The second-order valence-electron chi connectivity index (χ2n) is 5.41. The largest absolute Gasteiger partial charge is 0.366 e. The fourth-order valence-electron chi connectivity index (χ4n) is 2.89. The second-order valence-corrected chi connectivity index (χ2v) is 5.41. The lowest BCUT2D eigenvalue weighted by molar-refractivity contribution is 0.0989. The number of ketones is 1. The van der Waals surface area contributed by atoms with E-state index in [2.05, 4.69) is 0 Å². The molecule has 0 unspecified atom stereocenters. The molecule has 0 aliphatic heterocycles. The van der Waals surface area contributed by atoms with Crippen LogP contribution in [0, 0.1) is 5.82 Å². The summed E-state index contributed by atoms with van der Waals surface area (Å²) in [5.74, 6) is -0.892. The Morgan fingerprint density at radius 1 is 0.957 bits per heavy atom. The summed E-state index contributed by atoms with van der Waals surface area (Å²) in [6.07, 6.45) is 1.62. The van der Waals surface area contributed by atoms with Crippen LogP contribution in [0.5, 0.6) is 0 Å². The molecule has 2 rings (SSSR count). The number of benzene rings is 2. The zero-order valence-corrected chi connectivity index (χ0v) is 13.4. The van der Waals surface area contributed by atoms with E-state index in [9.17, 15) is 14.0 Å². The van der Waals surface area contributed by atoms with Crippen LogP contribution in [0.25, 0.3) is 0 Å². The number of rotatable bonds is 6. The molecule has 4 heteroatoms. The highest BCUT2D eigenvalue weighted by Gasteiger charge is 2.16. The predicted octanol–water partition coefficient (Wildman–Crippen LogP) is 3.47. The number of primary amides is 1. The first-order valence-electron chi connectivity index (χ1n) is 7.70. The number of halogens is 1. The van der Waals surface area contributed by atoms with Gasteiger partial charge in [-0.15, -0.1) is 0 Å². The number of amides is 1. The summed E-state index contributed by atoms with van der Waals surface area (Å²) in [4.78, 5) is 24.0. The van der Waals surface area contributed by atoms with Gasteiger partial charge >= 0.3 is 0 Å². The molecule has 0 saturated carbocycles. The molecule has 2 aromatic rings. The number of carbonyl (C=O) groups excluding carboxylic acids is 2. The lowest BCUT2D eigenvalue weighted by Gasteiger charge is -2.15. The van der Waals surface area contributed by atoms with Gasteiger partial charge in [0.15, 0.2) is 5.78 Å². The third-order valence-corrected chi connectivity index (χ3v) is 4.02. The van der Waals surface area contributed by atoms with Gasteiger partial charge < -0.3 is 5.73 Å². The van der Waals surface area contributed by atoms with Crippen LogP contribution in [-0.2, 0) is 19.3 Å². The van der Waals surface area contributed by atoms with Gasteiger partial charge in [0.1, 0.15) is 5.82 Å². The zero-order chi connectivity index (χ0) is 17.0. The van der Waals surface area contributed by atoms with Gasteiger partial charge in [-0.25, -0.2) is 4.39 Å². The molecule has 1 amide bonds. The molecule has 0 bridgehead atoms. The first-order chi connectivity index (χ1) is 11.0. The highest BCUT2D eigenvalue weighted by atomic mass is 19.1. The van der Waals surface area contributed by atoms with Crippen LogP contribution in [0.2, 0.25) is 0 Å². The maximum absolute atomic E-state index is 13.0. The van der Waals surface area contributed by atoms with E-state index in [0.717, 1.165) is 23.1 Å². The molecule has 0 aliphatic rings. The summed E-state index contributed by atoms with van der Waals surface area (Å²) >= 11 is 0. The van der Waals surface area contributed by atoms with Gasteiger partial charge in [0.05, 0.1) is 0 Å². The van der Waals surface area contributed by atoms with Crippen LogP contribution in [0.4, 0.5) is 4.39 Å². The predicted molar refractivity (Wildman–Crippen MR) is 88.2 cm³/mol.